The van der Waals surface area contributed by atoms with Gasteiger partial charge in [-0.15, -0.1) is 0 Å². The minimum Gasteiger partial charge on any atom is -0.241 e. The predicted molar refractivity (Wildman–Crippen MR) is 70.1 cm³/mol. The van der Waals surface area contributed by atoms with Gasteiger partial charge in [-0.25, -0.2) is 4.68 Å². The van der Waals surface area contributed by atoms with Crippen molar-refractivity contribution in [1.29, 1.82) is 0 Å². The Kier molecular flexibility index (Phi) is 3.78. The molecule has 1 aromatic heterocycles. The first-order valence-electron chi connectivity index (χ1n) is 5.55. The van der Waals surface area contributed by atoms with Crippen LogP contribution in [0.2, 0.25) is 0 Å². The van der Waals surface area contributed by atoms with Crippen LogP contribution in [0.3, 0.4) is 0 Å². The van der Waals surface area contributed by atoms with Crippen molar-refractivity contribution in [2.75, 3.05) is 0 Å². The SMILES string of the molecule is CCCC(Br)c1cnn(-c2ccccc2)c1. The van der Waals surface area contributed by atoms with E-state index >= 15 is 0 Å². The van der Waals surface area contributed by atoms with E-state index in [0.29, 0.717) is 4.83 Å². The van der Waals surface area contributed by atoms with E-state index < -0.39 is 0 Å². The molecule has 16 heavy (non-hydrogen) atoms. The highest BCUT2D eigenvalue weighted by molar-refractivity contribution is 9.09. The molecule has 0 saturated carbocycles. The zero-order valence-corrected chi connectivity index (χ0v) is 10.9. The average molecular weight is 279 g/mol. The minimum atomic E-state index is 0.412. The van der Waals surface area contributed by atoms with Gasteiger partial charge in [-0.2, -0.15) is 5.10 Å². The summed E-state index contributed by atoms with van der Waals surface area (Å²) in [5, 5.41) is 4.38. The number of rotatable bonds is 4. The molecule has 0 aliphatic carbocycles. The molecule has 0 aliphatic heterocycles. The molecule has 2 rings (SSSR count). The highest BCUT2D eigenvalue weighted by Gasteiger charge is 2.09. The van der Waals surface area contributed by atoms with Crippen LogP contribution in [0.1, 0.15) is 30.2 Å². The van der Waals surface area contributed by atoms with E-state index in [0.717, 1.165) is 12.1 Å². The van der Waals surface area contributed by atoms with Crippen LogP contribution in [0.4, 0.5) is 0 Å². The van der Waals surface area contributed by atoms with Crippen molar-refractivity contribution in [2.45, 2.75) is 24.6 Å². The van der Waals surface area contributed by atoms with Gasteiger partial charge in [0.1, 0.15) is 0 Å². The quantitative estimate of drug-likeness (QED) is 0.770. The third-order valence-electron chi connectivity index (χ3n) is 2.53. The lowest BCUT2D eigenvalue weighted by atomic mass is 10.2. The molecule has 84 valence electrons. The normalized spacial score (nSPS) is 12.6. The van der Waals surface area contributed by atoms with Crippen molar-refractivity contribution in [3.05, 3.63) is 48.3 Å². The Morgan fingerprint density at radius 2 is 2.06 bits per heavy atom. The van der Waals surface area contributed by atoms with E-state index in [1.165, 1.54) is 12.0 Å². The molecule has 0 bridgehead atoms. The molecule has 2 aromatic rings. The lowest BCUT2D eigenvalue weighted by Crippen LogP contribution is -1.93. The minimum absolute atomic E-state index is 0.412. The van der Waals surface area contributed by atoms with Crippen molar-refractivity contribution < 1.29 is 0 Å². The lowest BCUT2D eigenvalue weighted by Gasteiger charge is -2.04. The highest BCUT2D eigenvalue weighted by Crippen LogP contribution is 2.27. The van der Waals surface area contributed by atoms with E-state index in [-0.39, 0.29) is 0 Å². The van der Waals surface area contributed by atoms with Gasteiger partial charge < -0.3 is 0 Å². The van der Waals surface area contributed by atoms with Crippen molar-refractivity contribution in [1.82, 2.24) is 9.78 Å². The van der Waals surface area contributed by atoms with Crippen molar-refractivity contribution >= 4 is 15.9 Å². The maximum Gasteiger partial charge on any atom is 0.0645 e. The molecule has 0 amide bonds. The largest absolute Gasteiger partial charge is 0.241 e. The number of nitrogens with zero attached hydrogens (tertiary/aromatic N) is 2. The predicted octanol–water partition coefficient (Wildman–Crippen LogP) is 4.11. The second-order valence-corrected chi connectivity index (χ2v) is 4.92. The van der Waals surface area contributed by atoms with Gasteiger partial charge in [-0.05, 0) is 18.6 Å². The Labute approximate surface area is 104 Å². The summed E-state index contributed by atoms with van der Waals surface area (Å²) in [6.07, 6.45) is 6.33. The van der Waals surface area contributed by atoms with Crippen LogP contribution in [-0.2, 0) is 0 Å². The molecular weight excluding hydrogens is 264 g/mol. The first-order chi connectivity index (χ1) is 7.81. The Bertz CT molecular complexity index is 436. The lowest BCUT2D eigenvalue weighted by molar-refractivity contribution is 0.788. The van der Waals surface area contributed by atoms with E-state index in [4.69, 9.17) is 0 Å². The smallest absolute Gasteiger partial charge is 0.0645 e. The van der Waals surface area contributed by atoms with Crippen LogP contribution in [0.15, 0.2) is 42.7 Å². The maximum atomic E-state index is 4.38. The fourth-order valence-corrected chi connectivity index (χ4v) is 2.33. The molecule has 1 aromatic carbocycles. The van der Waals surface area contributed by atoms with E-state index in [9.17, 15) is 0 Å². The van der Waals surface area contributed by atoms with Crippen LogP contribution in [-0.4, -0.2) is 9.78 Å². The van der Waals surface area contributed by atoms with Gasteiger partial charge in [0.05, 0.1) is 11.9 Å². The van der Waals surface area contributed by atoms with Crippen LogP contribution in [0.25, 0.3) is 5.69 Å². The molecule has 3 heteroatoms. The topological polar surface area (TPSA) is 17.8 Å². The van der Waals surface area contributed by atoms with Crippen LogP contribution >= 0.6 is 15.9 Å². The number of aromatic nitrogens is 2. The summed E-state index contributed by atoms with van der Waals surface area (Å²) >= 11 is 3.68. The molecular formula is C13H15BrN2. The summed E-state index contributed by atoms with van der Waals surface area (Å²) in [7, 11) is 0. The van der Waals surface area contributed by atoms with Crippen molar-refractivity contribution in [3.63, 3.8) is 0 Å². The molecule has 1 atom stereocenters. The van der Waals surface area contributed by atoms with Gasteiger partial charge in [0.2, 0.25) is 0 Å². The van der Waals surface area contributed by atoms with Gasteiger partial charge in [-0.3, -0.25) is 0 Å². The first-order valence-corrected chi connectivity index (χ1v) is 6.47. The van der Waals surface area contributed by atoms with Crippen molar-refractivity contribution in [2.24, 2.45) is 0 Å². The maximum absolute atomic E-state index is 4.38. The third-order valence-corrected chi connectivity index (χ3v) is 3.51. The molecule has 1 unspecified atom stereocenters. The molecule has 2 nitrogen and oxygen atoms in total. The van der Waals surface area contributed by atoms with Crippen molar-refractivity contribution in [3.8, 4) is 5.69 Å². The summed E-state index contributed by atoms with van der Waals surface area (Å²) in [6, 6.07) is 10.2. The summed E-state index contributed by atoms with van der Waals surface area (Å²) in [5.41, 5.74) is 2.34. The molecule has 0 aliphatic rings. The molecule has 0 saturated heterocycles. The number of hydrogen-bond donors (Lipinski definition) is 0. The summed E-state index contributed by atoms with van der Waals surface area (Å²) in [6.45, 7) is 2.19. The Morgan fingerprint density at radius 1 is 1.31 bits per heavy atom. The summed E-state index contributed by atoms with van der Waals surface area (Å²) in [4.78, 5) is 0.412. The van der Waals surface area contributed by atoms with Crippen LogP contribution < -0.4 is 0 Å². The second-order valence-electron chi connectivity index (χ2n) is 3.81. The average Bonchev–Trinajstić information content (AvgIpc) is 2.80. The molecule has 1 heterocycles. The standard InChI is InChI=1S/C13H15BrN2/c1-2-6-13(14)11-9-15-16(10-11)12-7-4-3-5-8-12/h3-5,7-10,13H,2,6H2,1H3. The number of para-hydroxylation sites is 1. The van der Waals surface area contributed by atoms with Gasteiger partial charge in [0, 0.05) is 16.6 Å². The molecule has 0 N–H and O–H groups in total. The molecule has 0 radical (unpaired) electrons. The summed E-state index contributed by atoms with van der Waals surface area (Å²) < 4.78 is 1.92. The molecule has 0 fully saturated rings. The second kappa shape index (κ2) is 5.30. The van der Waals surface area contributed by atoms with Gasteiger partial charge in [-0.1, -0.05) is 47.5 Å². The van der Waals surface area contributed by atoms with Gasteiger partial charge in [0.15, 0.2) is 0 Å². The molecule has 0 spiro atoms. The number of halogens is 1. The Balaban J connectivity index is 2.20. The van der Waals surface area contributed by atoms with Crippen LogP contribution in [0, 0.1) is 0 Å². The van der Waals surface area contributed by atoms with Gasteiger partial charge >= 0.3 is 0 Å². The fourth-order valence-electron chi connectivity index (χ4n) is 1.64. The monoisotopic (exact) mass is 278 g/mol. The van der Waals surface area contributed by atoms with Crippen LogP contribution in [0.5, 0.6) is 0 Å². The van der Waals surface area contributed by atoms with E-state index in [1.54, 1.807) is 0 Å². The Hall–Kier alpha value is -1.09. The number of alkyl halides is 1. The van der Waals surface area contributed by atoms with E-state index in [1.807, 2.05) is 29.1 Å². The number of hydrogen-bond acceptors (Lipinski definition) is 1. The highest BCUT2D eigenvalue weighted by atomic mass is 79.9. The Morgan fingerprint density at radius 3 is 2.75 bits per heavy atom. The first kappa shape index (κ1) is 11.4. The number of benzene rings is 1. The van der Waals surface area contributed by atoms with Gasteiger partial charge in [0.25, 0.3) is 0 Å². The third kappa shape index (κ3) is 2.53. The zero-order chi connectivity index (χ0) is 11.4. The summed E-state index contributed by atoms with van der Waals surface area (Å²) in [5.74, 6) is 0. The fraction of sp³-hybridized carbons (Fsp3) is 0.308. The zero-order valence-electron chi connectivity index (χ0n) is 9.31. The van der Waals surface area contributed by atoms with E-state index in [2.05, 4.69) is 46.3 Å².